The number of esters is 1. The molecule has 1 aromatic heterocycles. The van der Waals surface area contributed by atoms with Crippen molar-refractivity contribution in [3.63, 3.8) is 0 Å². The van der Waals surface area contributed by atoms with Crippen LogP contribution >= 0.6 is 34.5 Å². The van der Waals surface area contributed by atoms with Crippen molar-refractivity contribution in [3.8, 4) is 0 Å². The topological polar surface area (TPSA) is 39.2 Å². The van der Waals surface area contributed by atoms with Gasteiger partial charge in [0.15, 0.2) is 0 Å². The maximum absolute atomic E-state index is 11.8. The molecule has 3 rings (SSSR count). The fraction of sp³-hybridized carbons (Fsp3) is 0.0588. The zero-order valence-corrected chi connectivity index (χ0v) is 14.2. The summed E-state index contributed by atoms with van der Waals surface area (Å²) in [5.41, 5.74) is 1.62. The van der Waals surface area contributed by atoms with E-state index in [9.17, 15) is 4.79 Å². The SMILES string of the molecule is O=C(/C=C/c1nc2ccccc2s1)OCc1ccc(Cl)cc1Cl. The number of aromatic nitrogens is 1. The number of hydrogen-bond donors (Lipinski definition) is 0. The Balaban J connectivity index is 1.62. The van der Waals surface area contributed by atoms with Gasteiger partial charge in [-0.05, 0) is 30.3 Å². The molecule has 0 spiro atoms. The number of ether oxygens (including phenoxy) is 1. The summed E-state index contributed by atoms with van der Waals surface area (Å²) in [5.74, 6) is -0.449. The van der Waals surface area contributed by atoms with Gasteiger partial charge in [0, 0.05) is 21.7 Å². The second-order valence-electron chi connectivity index (χ2n) is 4.70. The van der Waals surface area contributed by atoms with Crippen molar-refractivity contribution in [3.05, 3.63) is 69.2 Å². The molecule has 0 saturated heterocycles. The lowest BCUT2D eigenvalue weighted by atomic mass is 10.2. The van der Waals surface area contributed by atoms with E-state index in [1.807, 2.05) is 24.3 Å². The van der Waals surface area contributed by atoms with E-state index in [-0.39, 0.29) is 6.61 Å². The van der Waals surface area contributed by atoms with Crippen LogP contribution in [0.3, 0.4) is 0 Å². The minimum Gasteiger partial charge on any atom is -0.458 e. The van der Waals surface area contributed by atoms with Crippen molar-refractivity contribution in [1.82, 2.24) is 4.98 Å². The zero-order chi connectivity index (χ0) is 16.2. The molecule has 0 bridgehead atoms. The van der Waals surface area contributed by atoms with Gasteiger partial charge in [-0.2, -0.15) is 0 Å². The predicted molar refractivity (Wildman–Crippen MR) is 94.9 cm³/mol. The van der Waals surface area contributed by atoms with Gasteiger partial charge in [-0.25, -0.2) is 9.78 Å². The van der Waals surface area contributed by atoms with Crippen molar-refractivity contribution < 1.29 is 9.53 Å². The van der Waals surface area contributed by atoms with Crippen LogP contribution in [0, 0.1) is 0 Å². The van der Waals surface area contributed by atoms with Crippen LogP contribution in [0.4, 0.5) is 0 Å². The Kier molecular flexibility index (Phi) is 4.96. The van der Waals surface area contributed by atoms with Crippen LogP contribution in [0.1, 0.15) is 10.6 Å². The summed E-state index contributed by atoms with van der Waals surface area (Å²) in [6, 6.07) is 12.9. The van der Waals surface area contributed by atoms with Crippen molar-refractivity contribution in [2.75, 3.05) is 0 Å². The van der Waals surface area contributed by atoms with Crippen molar-refractivity contribution in [2.24, 2.45) is 0 Å². The number of carbonyl (C=O) groups is 1. The van der Waals surface area contributed by atoms with Crippen LogP contribution < -0.4 is 0 Å². The maximum Gasteiger partial charge on any atom is 0.331 e. The van der Waals surface area contributed by atoms with Gasteiger partial charge < -0.3 is 4.74 Å². The predicted octanol–water partition coefficient (Wildman–Crippen LogP) is 5.36. The number of thiazole rings is 1. The number of rotatable bonds is 4. The minimum atomic E-state index is -0.449. The quantitative estimate of drug-likeness (QED) is 0.462. The summed E-state index contributed by atoms with van der Waals surface area (Å²) < 4.78 is 6.25. The molecule has 1 heterocycles. The molecule has 2 aromatic carbocycles. The third kappa shape index (κ3) is 4.10. The lowest BCUT2D eigenvalue weighted by molar-refractivity contribution is -0.138. The Morgan fingerprint density at radius 3 is 2.83 bits per heavy atom. The van der Waals surface area contributed by atoms with E-state index in [1.54, 1.807) is 24.3 Å². The van der Waals surface area contributed by atoms with Crippen LogP contribution in [-0.2, 0) is 16.1 Å². The Bertz CT molecular complexity index is 856. The second-order valence-corrected chi connectivity index (χ2v) is 6.60. The Morgan fingerprint density at radius 1 is 1.22 bits per heavy atom. The molecule has 23 heavy (non-hydrogen) atoms. The minimum absolute atomic E-state index is 0.0963. The number of nitrogens with zero attached hydrogens (tertiary/aromatic N) is 1. The fourth-order valence-electron chi connectivity index (χ4n) is 1.94. The van der Waals surface area contributed by atoms with E-state index in [1.165, 1.54) is 17.4 Å². The summed E-state index contributed by atoms with van der Waals surface area (Å²) in [6.07, 6.45) is 3.01. The van der Waals surface area contributed by atoms with E-state index in [0.29, 0.717) is 15.6 Å². The van der Waals surface area contributed by atoms with Gasteiger partial charge in [0.25, 0.3) is 0 Å². The second kappa shape index (κ2) is 7.13. The normalized spacial score (nSPS) is 11.2. The number of benzene rings is 2. The van der Waals surface area contributed by atoms with Crippen LogP contribution in [0.15, 0.2) is 48.5 Å². The molecule has 0 amide bonds. The smallest absolute Gasteiger partial charge is 0.331 e. The summed E-state index contributed by atoms with van der Waals surface area (Å²) in [5, 5.41) is 1.77. The number of hydrogen-bond acceptors (Lipinski definition) is 4. The highest BCUT2D eigenvalue weighted by atomic mass is 35.5. The maximum atomic E-state index is 11.8. The van der Waals surface area contributed by atoms with Crippen LogP contribution in [0.2, 0.25) is 10.0 Å². The Morgan fingerprint density at radius 2 is 2.04 bits per heavy atom. The molecule has 3 aromatic rings. The third-order valence-corrected chi connectivity index (χ3v) is 4.65. The largest absolute Gasteiger partial charge is 0.458 e. The van der Waals surface area contributed by atoms with Crippen molar-refractivity contribution >= 4 is 56.8 Å². The number of carbonyl (C=O) groups excluding carboxylic acids is 1. The third-order valence-electron chi connectivity index (χ3n) is 3.06. The van der Waals surface area contributed by atoms with Gasteiger partial charge in [0.1, 0.15) is 11.6 Å². The van der Waals surface area contributed by atoms with E-state index >= 15 is 0 Å². The molecule has 0 aliphatic carbocycles. The number of halogens is 2. The molecule has 0 fully saturated rings. The Hall–Kier alpha value is -1.88. The standard InChI is InChI=1S/C17H11Cl2NO2S/c18-12-6-5-11(13(19)9-12)10-22-17(21)8-7-16-20-14-3-1-2-4-15(14)23-16/h1-9H,10H2/b8-7+. The highest BCUT2D eigenvalue weighted by Gasteiger charge is 2.05. The van der Waals surface area contributed by atoms with Gasteiger partial charge in [0.05, 0.1) is 10.2 Å². The molecule has 0 aliphatic rings. The van der Waals surface area contributed by atoms with Crippen LogP contribution in [0.5, 0.6) is 0 Å². The van der Waals surface area contributed by atoms with E-state index < -0.39 is 5.97 Å². The van der Waals surface area contributed by atoms with Gasteiger partial charge >= 0.3 is 5.97 Å². The monoisotopic (exact) mass is 363 g/mol. The summed E-state index contributed by atoms with van der Waals surface area (Å²) in [6.45, 7) is 0.0963. The first kappa shape index (κ1) is 16.0. The molecule has 3 nitrogen and oxygen atoms in total. The first-order valence-electron chi connectivity index (χ1n) is 6.76. The molecule has 6 heteroatoms. The zero-order valence-electron chi connectivity index (χ0n) is 11.8. The molecule has 116 valence electrons. The van der Waals surface area contributed by atoms with E-state index in [4.69, 9.17) is 27.9 Å². The summed E-state index contributed by atoms with van der Waals surface area (Å²) in [4.78, 5) is 16.2. The first-order valence-corrected chi connectivity index (χ1v) is 8.33. The number of fused-ring (bicyclic) bond motifs is 1. The average Bonchev–Trinajstić information content (AvgIpc) is 2.95. The average molecular weight is 364 g/mol. The molecule has 0 saturated carbocycles. The number of para-hydroxylation sites is 1. The molecule has 0 aliphatic heterocycles. The van der Waals surface area contributed by atoms with Crippen molar-refractivity contribution in [1.29, 1.82) is 0 Å². The van der Waals surface area contributed by atoms with Crippen LogP contribution in [0.25, 0.3) is 16.3 Å². The molecule has 0 atom stereocenters. The van der Waals surface area contributed by atoms with Gasteiger partial charge in [-0.1, -0.05) is 41.4 Å². The molecule has 0 N–H and O–H groups in total. The van der Waals surface area contributed by atoms with E-state index in [0.717, 1.165) is 15.2 Å². The fourth-order valence-corrected chi connectivity index (χ4v) is 3.27. The lowest BCUT2D eigenvalue weighted by Gasteiger charge is -2.04. The molecule has 0 unspecified atom stereocenters. The van der Waals surface area contributed by atoms with Crippen LogP contribution in [-0.4, -0.2) is 11.0 Å². The molecular formula is C17H11Cl2NO2S. The highest BCUT2D eigenvalue weighted by Crippen LogP contribution is 2.23. The molecule has 0 radical (unpaired) electrons. The van der Waals surface area contributed by atoms with E-state index in [2.05, 4.69) is 4.98 Å². The first-order chi connectivity index (χ1) is 11.1. The highest BCUT2D eigenvalue weighted by molar-refractivity contribution is 7.19. The Labute approximate surface area is 147 Å². The summed E-state index contributed by atoms with van der Waals surface area (Å²) >= 11 is 13.4. The lowest BCUT2D eigenvalue weighted by Crippen LogP contribution is -2.01. The van der Waals surface area contributed by atoms with Gasteiger partial charge in [-0.15, -0.1) is 11.3 Å². The summed E-state index contributed by atoms with van der Waals surface area (Å²) in [7, 11) is 0. The van der Waals surface area contributed by atoms with Gasteiger partial charge in [0.2, 0.25) is 0 Å². The van der Waals surface area contributed by atoms with Gasteiger partial charge in [-0.3, -0.25) is 0 Å². The molecular weight excluding hydrogens is 353 g/mol. The van der Waals surface area contributed by atoms with Crippen molar-refractivity contribution in [2.45, 2.75) is 6.61 Å².